The van der Waals surface area contributed by atoms with Crippen LogP contribution in [0.25, 0.3) is 17.5 Å². The summed E-state index contributed by atoms with van der Waals surface area (Å²) in [6, 6.07) is 9.90. The van der Waals surface area contributed by atoms with Crippen LogP contribution in [-0.2, 0) is 4.79 Å². The number of hydrogen-bond acceptors (Lipinski definition) is 4. The molecule has 126 valence electrons. The quantitative estimate of drug-likeness (QED) is 0.713. The minimum absolute atomic E-state index is 0.213. The summed E-state index contributed by atoms with van der Waals surface area (Å²) in [6.07, 6.45) is 2.07. The summed E-state index contributed by atoms with van der Waals surface area (Å²) in [5, 5.41) is 6.10. The number of halogens is 2. The lowest BCUT2D eigenvalue weighted by Crippen LogP contribution is -2.08. The fourth-order valence-electron chi connectivity index (χ4n) is 2.11. The van der Waals surface area contributed by atoms with Gasteiger partial charge in [0.2, 0.25) is 5.91 Å². The first-order chi connectivity index (χ1) is 12.0. The second kappa shape index (κ2) is 6.91. The molecule has 2 N–H and O–H groups in total. The SMILES string of the molecule is O=C(/C=C/c1c(F)cccc1F)Nc1cccc(-c2noc(=O)[nH]2)c1. The van der Waals surface area contributed by atoms with Crippen molar-refractivity contribution in [3.05, 3.63) is 76.3 Å². The van der Waals surface area contributed by atoms with Gasteiger partial charge in [0.25, 0.3) is 0 Å². The van der Waals surface area contributed by atoms with Crippen LogP contribution in [0.2, 0.25) is 0 Å². The number of carbonyl (C=O) groups is 1. The Kier molecular flexibility index (Phi) is 4.51. The number of aromatic amines is 1. The zero-order valence-corrected chi connectivity index (χ0v) is 12.6. The number of H-pyrrole nitrogens is 1. The third-order valence-electron chi connectivity index (χ3n) is 3.24. The summed E-state index contributed by atoms with van der Waals surface area (Å²) in [5.74, 6) is -2.58. The zero-order valence-electron chi connectivity index (χ0n) is 12.6. The van der Waals surface area contributed by atoms with Gasteiger partial charge in [-0.1, -0.05) is 23.4 Å². The normalized spacial score (nSPS) is 11.0. The molecule has 0 atom stereocenters. The maximum Gasteiger partial charge on any atom is 0.439 e. The molecule has 0 unspecified atom stereocenters. The number of anilines is 1. The summed E-state index contributed by atoms with van der Waals surface area (Å²) < 4.78 is 31.4. The molecule has 25 heavy (non-hydrogen) atoms. The molecule has 1 aromatic heterocycles. The number of nitrogens with one attached hydrogen (secondary N) is 2. The van der Waals surface area contributed by atoms with Gasteiger partial charge in [-0.15, -0.1) is 0 Å². The highest BCUT2D eigenvalue weighted by molar-refractivity contribution is 6.02. The molecule has 3 rings (SSSR count). The molecule has 0 fully saturated rings. The molecule has 2 aromatic carbocycles. The van der Waals surface area contributed by atoms with Crippen molar-refractivity contribution >= 4 is 17.7 Å². The average molecular weight is 343 g/mol. The lowest BCUT2D eigenvalue weighted by atomic mass is 10.1. The van der Waals surface area contributed by atoms with Crippen LogP contribution in [0.15, 0.2) is 57.9 Å². The molecule has 0 spiro atoms. The first kappa shape index (κ1) is 16.3. The number of benzene rings is 2. The molecular formula is C17H11F2N3O3. The molecule has 0 radical (unpaired) electrons. The third-order valence-corrected chi connectivity index (χ3v) is 3.24. The van der Waals surface area contributed by atoms with E-state index in [0.29, 0.717) is 11.3 Å². The van der Waals surface area contributed by atoms with Gasteiger partial charge in [-0.2, -0.15) is 0 Å². The smallest absolute Gasteiger partial charge is 0.322 e. The summed E-state index contributed by atoms with van der Waals surface area (Å²) in [5.41, 5.74) is 0.629. The van der Waals surface area contributed by atoms with E-state index in [-0.39, 0.29) is 11.4 Å². The first-order valence-electron chi connectivity index (χ1n) is 7.12. The fourth-order valence-corrected chi connectivity index (χ4v) is 2.11. The number of amides is 1. The Morgan fingerprint density at radius 2 is 1.88 bits per heavy atom. The molecule has 0 bridgehead atoms. The van der Waals surface area contributed by atoms with Crippen molar-refractivity contribution in [2.75, 3.05) is 5.32 Å². The number of carbonyl (C=O) groups excluding carboxylic acids is 1. The highest BCUT2D eigenvalue weighted by Gasteiger charge is 2.07. The van der Waals surface area contributed by atoms with Gasteiger partial charge in [-0.3, -0.25) is 14.3 Å². The van der Waals surface area contributed by atoms with E-state index >= 15 is 0 Å². The average Bonchev–Trinajstić information content (AvgIpc) is 3.01. The maximum absolute atomic E-state index is 13.5. The highest BCUT2D eigenvalue weighted by Crippen LogP contribution is 2.19. The van der Waals surface area contributed by atoms with E-state index in [0.717, 1.165) is 24.3 Å². The van der Waals surface area contributed by atoms with Crippen LogP contribution < -0.4 is 11.1 Å². The van der Waals surface area contributed by atoms with Crippen molar-refractivity contribution in [2.45, 2.75) is 0 Å². The molecule has 1 heterocycles. The van der Waals surface area contributed by atoms with Crippen LogP contribution in [0.5, 0.6) is 0 Å². The van der Waals surface area contributed by atoms with Gasteiger partial charge in [0.1, 0.15) is 11.6 Å². The molecule has 0 saturated heterocycles. The van der Waals surface area contributed by atoms with Crippen LogP contribution >= 0.6 is 0 Å². The summed E-state index contributed by atoms with van der Waals surface area (Å²) in [4.78, 5) is 25.3. The topological polar surface area (TPSA) is 88.0 Å². The zero-order chi connectivity index (χ0) is 17.8. The molecule has 3 aromatic rings. The first-order valence-corrected chi connectivity index (χ1v) is 7.12. The molecular weight excluding hydrogens is 332 g/mol. The van der Waals surface area contributed by atoms with Gasteiger partial charge >= 0.3 is 5.76 Å². The van der Waals surface area contributed by atoms with Crippen LogP contribution in [0.3, 0.4) is 0 Å². The Bertz CT molecular complexity index is 988. The van der Waals surface area contributed by atoms with Gasteiger partial charge < -0.3 is 5.32 Å². The Morgan fingerprint density at radius 1 is 1.16 bits per heavy atom. The largest absolute Gasteiger partial charge is 0.439 e. The van der Waals surface area contributed by atoms with Crippen molar-refractivity contribution in [2.24, 2.45) is 0 Å². The van der Waals surface area contributed by atoms with E-state index in [1.165, 1.54) is 6.07 Å². The van der Waals surface area contributed by atoms with Crippen LogP contribution in [-0.4, -0.2) is 16.0 Å². The fraction of sp³-hybridized carbons (Fsp3) is 0. The summed E-state index contributed by atoms with van der Waals surface area (Å²) >= 11 is 0. The maximum atomic E-state index is 13.5. The lowest BCUT2D eigenvalue weighted by molar-refractivity contribution is -0.111. The predicted octanol–water partition coefficient (Wildman–Crippen LogP) is 2.96. The predicted molar refractivity (Wildman–Crippen MR) is 86.6 cm³/mol. The number of nitrogens with zero attached hydrogens (tertiary/aromatic N) is 1. The van der Waals surface area contributed by atoms with E-state index in [1.54, 1.807) is 24.3 Å². The van der Waals surface area contributed by atoms with E-state index in [1.807, 2.05) is 0 Å². The van der Waals surface area contributed by atoms with Gasteiger partial charge in [-0.25, -0.2) is 13.6 Å². The van der Waals surface area contributed by atoms with E-state index in [2.05, 4.69) is 20.0 Å². The molecule has 8 heteroatoms. The van der Waals surface area contributed by atoms with Crippen LogP contribution in [0.1, 0.15) is 5.56 Å². The van der Waals surface area contributed by atoms with E-state index < -0.39 is 23.3 Å². The Hall–Kier alpha value is -3.55. The third kappa shape index (κ3) is 3.86. The van der Waals surface area contributed by atoms with Gasteiger partial charge in [0, 0.05) is 22.9 Å². The van der Waals surface area contributed by atoms with Crippen molar-refractivity contribution < 1.29 is 18.1 Å². The summed E-state index contributed by atoms with van der Waals surface area (Å²) in [6.45, 7) is 0. The molecule has 0 aliphatic heterocycles. The molecule has 0 aliphatic carbocycles. The lowest BCUT2D eigenvalue weighted by Gasteiger charge is -2.04. The van der Waals surface area contributed by atoms with Crippen molar-refractivity contribution in [1.29, 1.82) is 0 Å². The van der Waals surface area contributed by atoms with Crippen LogP contribution in [0, 0.1) is 11.6 Å². The Morgan fingerprint density at radius 3 is 2.56 bits per heavy atom. The van der Waals surface area contributed by atoms with Gasteiger partial charge in [-0.05, 0) is 30.3 Å². The Labute approximate surface area is 139 Å². The van der Waals surface area contributed by atoms with E-state index in [9.17, 15) is 18.4 Å². The molecule has 1 amide bonds. The standard InChI is InChI=1S/C17H11F2N3O3/c18-13-5-2-6-14(19)12(13)7-8-15(23)20-11-4-1-3-10(9-11)16-21-17(24)25-22-16/h1-9H,(H,20,23)(H,21,22,24)/b8-7+. The highest BCUT2D eigenvalue weighted by atomic mass is 19.1. The van der Waals surface area contributed by atoms with Gasteiger partial charge in [0.05, 0.1) is 0 Å². The van der Waals surface area contributed by atoms with Gasteiger partial charge in [0.15, 0.2) is 5.82 Å². The monoisotopic (exact) mass is 343 g/mol. The van der Waals surface area contributed by atoms with Crippen molar-refractivity contribution in [3.8, 4) is 11.4 Å². The Balaban J connectivity index is 1.75. The molecule has 0 saturated carbocycles. The van der Waals surface area contributed by atoms with Crippen LogP contribution in [0.4, 0.5) is 14.5 Å². The number of aromatic nitrogens is 2. The van der Waals surface area contributed by atoms with E-state index in [4.69, 9.17) is 0 Å². The number of hydrogen-bond donors (Lipinski definition) is 2. The second-order valence-corrected chi connectivity index (χ2v) is 4.98. The van der Waals surface area contributed by atoms with Crippen molar-refractivity contribution in [3.63, 3.8) is 0 Å². The number of rotatable bonds is 4. The molecule has 0 aliphatic rings. The minimum atomic E-state index is -0.763. The van der Waals surface area contributed by atoms with Crippen molar-refractivity contribution in [1.82, 2.24) is 10.1 Å². The second-order valence-electron chi connectivity index (χ2n) is 4.98. The summed E-state index contributed by atoms with van der Waals surface area (Å²) in [7, 11) is 0. The molecule has 6 nitrogen and oxygen atoms in total. The minimum Gasteiger partial charge on any atom is -0.322 e.